The van der Waals surface area contributed by atoms with Crippen molar-refractivity contribution in [1.29, 1.82) is 0 Å². The van der Waals surface area contributed by atoms with Gasteiger partial charge in [-0.2, -0.15) is 5.10 Å². The number of aryl methyl sites for hydroxylation is 1. The van der Waals surface area contributed by atoms with Gasteiger partial charge in [0.1, 0.15) is 6.54 Å². The van der Waals surface area contributed by atoms with Crippen molar-refractivity contribution >= 4 is 43.8 Å². The number of sulfonamides is 1. The van der Waals surface area contributed by atoms with Gasteiger partial charge >= 0.3 is 0 Å². The monoisotopic (exact) mass is 564 g/mol. The highest BCUT2D eigenvalue weighted by Crippen LogP contribution is 2.23. The minimum Gasteiger partial charge on any atom is -0.318 e. The SMILES string of the molecule is Cc1cc(/C=N/NC(=O)CN(c2ccccc2)S(=O)(=O)c2ccccc2)c(C)n1-c1ccc(Br)cc1. The molecule has 0 saturated heterocycles. The van der Waals surface area contributed by atoms with Crippen molar-refractivity contribution in [2.45, 2.75) is 18.7 Å². The third kappa shape index (κ3) is 5.58. The molecule has 0 bridgehead atoms. The number of halogens is 1. The number of rotatable bonds is 8. The molecule has 1 aromatic heterocycles. The van der Waals surface area contributed by atoms with Crippen LogP contribution in [0.2, 0.25) is 0 Å². The quantitative estimate of drug-likeness (QED) is 0.236. The molecule has 0 fully saturated rings. The van der Waals surface area contributed by atoms with Crippen molar-refractivity contribution in [2.24, 2.45) is 5.10 Å². The fraction of sp³-hybridized carbons (Fsp3) is 0.111. The molecule has 0 saturated carbocycles. The van der Waals surface area contributed by atoms with Gasteiger partial charge in [0.05, 0.1) is 16.8 Å². The Labute approximate surface area is 219 Å². The average molecular weight is 565 g/mol. The molecule has 0 aliphatic heterocycles. The van der Waals surface area contributed by atoms with E-state index in [2.05, 4.69) is 31.0 Å². The molecule has 4 aromatic rings. The van der Waals surface area contributed by atoms with Crippen LogP contribution in [0.5, 0.6) is 0 Å². The van der Waals surface area contributed by atoms with E-state index in [-0.39, 0.29) is 4.90 Å². The number of nitrogens with zero attached hydrogens (tertiary/aromatic N) is 3. The van der Waals surface area contributed by atoms with Crippen LogP contribution >= 0.6 is 15.9 Å². The predicted octanol–water partition coefficient (Wildman–Crippen LogP) is 5.20. The van der Waals surface area contributed by atoms with E-state index < -0.39 is 22.5 Å². The normalized spacial score (nSPS) is 11.5. The standard InChI is InChI=1S/C27H25BrN4O3S/c1-20-17-22(21(2)32(20)25-15-13-23(28)14-16-25)18-29-30-27(33)19-31(24-9-5-3-6-10-24)36(34,35)26-11-7-4-8-12-26/h3-18H,19H2,1-2H3,(H,30,33)/b29-18+. The first-order valence-corrected chi connectivity index (χ1v) is 13.4. The zero-order valence-electron chi connectivity index (χ0n) is 19.8. The first-order valence-electron chi connectivity index (χ1n) is 11.2. The van der Waals surface area contributed by atoms with Crippen LogP contribution in [0.15, 0.2) is 105 Å². The molecule has 0 spiro atoms. The summed E-state index contributed by atoms with van der Waals surface area (Å²) in [5.41, 5.74) is 6.69. The zero-order chi connectivity index (χ0) is 25.7. The van der Waals surface area contributed by atoms with E-state index >= 15 is 0 Å². The largest absolute Gasteiger partial charge is 0.318 e. The van der Waals surface area contributed by atoms with Gasteiger partial charge in [-0.15, -0.1) is 0 Å². The van der Waals surface area contributed by atoms with Gasteiger partial charge in [0, 0.05) is 27.1 Å². The number of aromatic nitrogens is 1. The molecule has 9 heteroatoms. The van der Waals surface area contributed by atoms with Gasteiger partial charge in [0.2, 0.25) is 0 Å². The topological polar surface area (TPSA) is 83.8 Å². The minimum absolute atomic E-state index is 0.102. The predicted molar refractivity (Wildman–Crippen MR) is 146 cm³/mol. The maximum Gasteiger partial charge on any atom is 0.264 e. The molecule has 1 amide bonds. The van der Waals surface area contributed by atoms with Crippen LogP contribution < -0.4 is 9.73 Å². The molecule has 0 unspecified atom stereocenters. The smallest absolute Gasteiger partial charge is 0.264 e. The number of anilines is 1. The average Bonchev–Trinajstić information content (AvgIpc) is 3.16. The lowest BCUT2D eigenvalue weighted by Gasteiger charge is -2.23. The second-order valence-electron chi connectivity index (χ2n) is 8.09. The first kappa shape index (κ1) is 25.4. The van der Waals surface area contributed by atoms with Crippen molar-refractivity contribution in [3.8, 4) is 5.69 Å². The Hall–Kier alpha value is -3.69. The fourth-order valence-corrected chi connectivity index (χ4v) is 5.58. The maximum absolute atomic E-state index is 13.3. The third-order valence-electron chi connectivity index (χ3n) is 5.61. The van der Waals surface area contributed by atoms with Crippen molar-refractivity contribution in [2.75, 3.05) is 10.8 Å². The Morgan fingerprint density at radius 3 is 2.22 bits per heavy atom. The van der Waals surface area contributed by atoms with E-state index in [0.717, 1.165) is 31.4 Å². The van der Waals surface area contributed by atoms with Crippen LogP contribution in [0.25, 0.3) is 5.69 Å². The van der Waals surface area contributed by atoms with Crippen molar-refractivity contribution < 1.29 is 13.2 Å². The summed E-state index contributed by atoms with van der Waals surface area (Å²) in [6.45, 7) is 3.55. The third-order valence-corrected chi connectivity index (χ3v) is 7.93. The van der Waals surface area contributed by atoms with Gasteiger partial charge in [-0.1, -0.05) is 52.3 Å². The summed E-state index contributed by atoms with van der Waals surface area (Å²) in [4.78, 5) is 12.9. The first-order chi connectivity index (χ1) is 17.3. The van der Waals surface area contributed by atoms with E-state index in [1.54, 1.807) is 54.7 Å². The molecule has 0 radical (unpaired) electrons. The number of hydrogen-bond acceptors (Lipinski definition) is 4. The second kappa shape index (κ2) is 10.9. The molecule has 7 nitrogen and oxygen atoms in total. The highest BCUT2D eigenvalue weighted by Gasteiger charge is 2.26. The summed E-state index contributed by atoms with van der Waals surface area (Å²) in [5.74, 6) is -0.559. The number of hydrogen-bond donors (Lipinski definition) is 1. The van der Waals surface area contributed by atoms with Crippen molar-refractivity contribution in [3.63, 3.8) is 0 Å². The van der Waals surface area contributed by atoms with Crippen molar-refractivity contribution in [3.05, 3.63) is 112 Å². The Kier molecular flexibility index (Phi) is 7.71. The number of amides is 1. The molecule has 0 aliphatic carbocycles. The summed E-state index contributed by atoms with van der Waals surface area (Å²) in [7, 11) is -3.96. The van der Waals surface area contributed by atoms with Gasteiger partial charge in [-0.3, -0.25) is 9.10 Å². The van der Waals surface area contributed by atoms with E-state index in [9.17, 15) is 13.2 Å². The van der Waals surface area contributed by atoms with Gasteiger partial charge in [-0.25, -0.2) is 13.8 Å². The number of nitrogens with one attached hydrogen (secondary N) is 1. The van der Waals surface area contributed by atoms with E-state index in [4.69, 9.17) is 0 Å². The van der Waals surface area contributed by atoms with Crippen LogP contribution in [0.3, 0.4) is 0 Å². The van der Waals surface area contributed by atoms with Gasteiger partial charge < -0.3 is 4.57 Å². The lowest BCUT2D eigenvalue weighted by Crippen LogP contribution is -2.39. The summed E-state index contributed by atoms with van der Waals surface area (Å²) >= 11 is 3.45. The molecule has 4 rings (SSSR count). The summed E-state index contributed by atoms with van der Waals surface area (Å²) in [5, 5.41) is 4.10. The van der Waals surface area contributed by atoms with Gasteiger partial charge in [0.15, 0.2) is 0 Å². The number of benzene rings is 3. The van der Waals surface area contributed by atoms with Crippen LogP contribution in [0.1, 0.15) is 17.0 Å². The van der Waals surface area contributed by atoms with Crippen molar-refractivity contribution in [1.82, 2.24) is 9.99 Å². The maximum atomic E-state index is 13.3. The van der Waals surface area contributed by atoms with E-state index in [1.807, 2.05) is 44.2 Å². The Balaban J connectivity index is 1.52. The summed E-state index contributed by atoms with van der Waals surface area (Å²) in [6.07, 6.45) is 1.56. The number of hydrazone groups is 1. The van der Waals surface area contributed by atoms with Crippen LogP contribution in [-0.4, -0.2) is 31.7 Å². The zero-order valence-corrected chi connectivity index (χ0v) is 22.2. The highest BCUT2D eigenvalue weighted by molar-refractivity contribution is 9.10. The molecule has 3 aromatic carbocycles. The fourth-order valence-electron chi connectivity index (χ4n) is 3.87. The lowest BCUT2D eigenvalue weighted by molar-refractivity contribution is -0.119. The Bertz CT molecular complexity index is 1480. The second-order valence-corrected chi connectivity index (χ2v) is 10.9. The Morgan fingerprint density at radius 2 is 1.58 bits per heavy atom. The van der Waals surface area contributed by atoms with Gasteiger partial charge in [-0.05, 0) is 68.4 Å². The van der Waals surface area contributed by atoms with Crippen LogP contribution in [0, 0.1) is 13.8 Å². The molecule has 184 valence electrons. The molecule has 1 heterocycles. The highest BCUT2D eigenvalue weighted by atomic mass is 79.9. The molecule has 36 heavy (non-hydrogen) atoms. The molecular formula is C27H25BrN4O3S. The molecule has 1 N–H and O–H groups in total. The summed E-state index contributed by atoms with van der Waals surface area (Å²) in [6, 6.07) is 26.5. The van der Waals surface area contributed by atoms with Gasteiger partial charge in [0.25, 0.3) is 15.9 Å². The molecule has 0 atom stereocenters. The Morgan fingerprint density at radius 1 is 0.972 bits per heavy atom. The number of para-hydroxylation sites is 1. The van der Waals surface area contributed by atoms with E-state index in [1.165, 1.54) is 12.1 Å². The van der Waals surface area contributed by atoms with Crippen LogP contribution in [-0.2, 0) is 14.8 Å². The minimum atomic E-state index is -3.96. The number of carbonyl (C=O) groups excluding carboxylic acids is 1. The number of carbonyl (C=O) groups is 1. The van der Waals surface area contributed by atoms with E-state index in [0.29, 0.717) is 5.69 Å². The molecular weight excluding hydrogens is 540 g/mol. The summed E-state index contributed by atoms with van der Waals surface area (Å²) < 4.78 is 30.8. The lowest BCUT2D eigenvalue weighted by atomic mass is 10.2. The van der Waals surface area contributed by atoms with Crippen LogP contribution in [0.4, 0.5) is 5.69 Å². The molecule has 0 aliphatic rings.